The lowest BCUT2D eigenvalue weighted by Gasteiger charge is -2.25. The van der Waals surface area contributed by atoms with Gasteiger partial charge in [-0.2, -0.15) is 0 Å². The maximum atomic E-state index is 12.7. The lowest BCUT2D eigenvalue weighted by molar-refractivity contribution is -0.121. The molecule has 29 heavy (non-hydrogen) atoms. The number of nitrogens with zero attached hydrogens (tertiary/aromatic N) is 2. The van der Waals surface area contributed by atoms with Crippen molar-refractivity contribution in [3.8, 4) is 10.6 Å². The molecular weight excluding hydrogens is 378 g/mol. The highest BCUT2D eigenvalue weighted by molar-refractivity contribution is 7.13. The molecule has 0 radical (unpaired) electrons. The fourth-order valence-corrected chi connectivity index (χ4v) is 4.03. The third-order valence-electron chi connectivity index (χ3n) is 4.92. The van der Waals surface area contributed by atoms with Gasteiger partial charge in [-0.3, -0.25) is 9.78 Å². The van der Waals surface area contributed by atoms with E-state index in [-0.39, 0.29) is 23.8 Å². The quantitative estimate of drug-likeness (QED) is 0.582. The molecule has 0 saturated heterocycles. The Morgan fingerprint density at radius 3 is 2.45 bits per heavy atom. The largest absolute Gasteiger partial charge is 0.349 e. The van der Waals surface area contributed by atoms with Crippen LogP contribution in [0.15, 0.2) is 54.2 Å². The Morgan fingerprint density at radius 2 is 1.86 bits per heavy atom. The molecule has 0 aliphatic heterocycles. The van der Waals surface area contributed by atoms with Gasteiger partial charge in [-0.05, 0) is 34.6 Å². The average Bonchev–Trinajstić information content (AvgIpc) is 3.14. The van der Waals surface area contributed by atoms with Gasteiger partial charge in [-0.1, -0.05) is 58.9 Å². The van der Waals surface area contributed by atoms with E-state index in [9.17, 15) is 4.79 Å². The summed E-state index contributed by atoms with van der Waals surface area (Å²) in [4.78, 5) is 21.4. The van der Waals surface area contributed by atoms with E-state index < -0.39 is 0 Å². The topological polar surface area (TPSA) is 54.9 Å². The first-order chi connectivity index (χ1) is 13.7. The van der Waals surface area contributed by atoms with Crippen LogP contribution in [0, 0.1) is 5.92 Å². The SMILES string of the molecule is CC(C)C(NC(=O)Cc1csc(-c2cccnc2)n1)c1ccc(C(C)(C)C)cc1. The van der Waals surface area contributed by atoms with E-state index in [0.29, 0.717) is 5.92 Å². The van der Waals surface area contributed by atoms with Gasteiger partial charge >= 0.3 is 0 Å². The molecule has 3 aromatic rings. The van der Waals surface area contributed by atoms with Crippen LogP contribution in [0.3, 0.4) is 0 Å². The maximum Gasteiger partial charge on any atom is 0.226 e. The predicted octanol–water partition coefficient (Wildman–Crippen LogP) is 5.56. The summed E-state index contributed by atoms with van der Waals surface area (Å²) in [5.41, 5.74) is 4.31. The molecule has 1 unspecified atom stereocenters. The summed E-state index contributed by atoms with van der Waals surface area (Å²) in [6.45, 7) is 10.9. The number of carbonyl (C=O) groups excluding carboxylic acids is 1. The third kappa shape index (κ3) is 5.51. The Balaban J connectivity index is 1.68. The third-order valence-corrected chi connectivity index (χ3v) is 5.86. The van der Waals surface area contributed by atoms with Crippen molar-refractivity contribution in [2.24, 2.45) is 5.92 Å². The van der Waals surface area contributed by atoms with Crippen molar-refractivity contribution < 1.29 is 4.79 Å². The van der Waals surface area contributed by atoms with Gasteiger partial charge in [0.1, 0.15) is 5.01 Å². The second-order valence-electron chi connectivity index (χ2n) is 8.72. The molecule has 3 rings (SSSR count). The molecule has 0 spiro atoms. The van der Waals surface area contributed by atoms with Gasteiger partial charge < -0.3 is 5.32 Å². The van der Waals surface area contributed by atoms with Crippen LogP contribution in [0.4, 0.5) is 0 Å². The Bertz CT molecular complexity index is 940. The molecule has 5 heteroatoms. The van der Waals surface area contributed by atoms with E-state index in [2.05, 4.69) is 74.2 Å². The first kappa shape index (κ1) is 21.2. The van der Waals surface area contributed by atoms with Crippen molar-refractivity contribution >= 4 is 17.2 Å². The van der Waals surface area contributed by atoms with Crippen LogP contribution in [0.25, 0.3) is 10.6 Å². The van der Waals surface area contributed by atoms with Gasteiger partial charge in [0, 0.05) is 23.3 Å². The molecular formula is C24H29N3OS. The summed E-state index contributed by atoms with van der Waals surface area (Å²) in [7, 11) is 0. The predicted molar refractivity (Wildman–Crippen MR) is 120 cm³/mol. The van der Waals surface area contributed by atoms with Gasteiger partial charge in [0.05, 0.1) is 18.2 Å². The van der Waals surface area contributed by atoms with Gasteiger partial charge in [0.25, 0.3) is 0 Å². The lowest BCUT2D eigenvalue weighted by atomic mass is 9.85. The zero-order chi connectivity index (χ0) is 21.0. The molecule has 0 aliphatic carbocycles. The number of carbonyl (C=O) groups is 1. The molecule has 2 aromatic heterocycles. The van der Waals surface area contributed by atoms with Gasteiger partial charge in [0.15, 0.2) is 0 Å². The molecule has 0 bridgehead atoms. The zero-order valence-corrected chi connectivity index (χ0v) is 18.6. The second-order valence-corrected chi connectivity index (χ2v) is 9.58. The molecule has 0 aliphatic rings. The Kier molecular flexibility index (Phi) is 6.48. The van der Waals surface area contributed by atoms with Crippen LogP contribution in [0.5, 0.6) is 0 Å². The highest BCUT2D eigenvalue weighted by atomic mass is 32.1. The number of amides is 1. The van der Waals surface area contributed by atoms with Crippen LogP contribution in [0.2, 0.25) is 0 Å². The van der Waals surface area contributed by atoms with Crippen molar-refractivity contribution in [1.29, 1.82) is 0 Å². The number of pyridine rings is 1. The number of thiazole rings is 1. The number of aromatic nitrogens is 2. The lowest BCUT2D eigenvalue weighted by Crippen LogP contribution is -2.33. The van der Waals surface area contributed by atoms with E-state index in [1.165, 1.54) is 16.9 Å². The summed E-state index contributed by atoms with van der Waals surface area (Å²) in [5.74, 6) is 0.285. The minimum atomic E-state index is -0.0204. The number of benzene rings is 1. The van der Waals surface area contributed by atoms with E-state index in [1.807, 2.05) is 17.5 Å². The summed E-state index contributed by atoms with van der Waals surface area (Å²) in [6.07, 6.45) is 3.81. The summed E-state index contributed by atoms with van der Waals surface area (Å²) in [5, 5.41) is 6.04. The normalized spacial score (nSPS) is 12.8. The Morgan fingerprint density at radius 1 is 1.14 bits per heavy atom. The standard InChI is InChI=1S/C24H29N3OS/c1-16(2)22(17-8-10-19(11-9-17)24(3,4)5)27-21(28)13-20-15-29-23(26-20)18-7-6-12-25-14-18/h6-12,14-16,22H,13H2,1-5H3,(H,27,28). The summed E-state index contributed by atoms with van der Waals surface area (Å²) < 4.78 is 0. The van der Waals surface area contributed by atoms with E-state index in [1.54, 1.807) is 12.4 Å². The number of nitrogens with one attached hydrogen (secondary N) is 1. The molecule has 1 N–H and O–H groups in total. The van der Waals surface area contributed by atoms with Crippen molar-refractivity contribution in [2.45, 2.75) is 52.5 Å². The fourth-order valence-electron chi connectivity index (χ4n) is 3.22. The molecule has 0 fully saturated rings. The Labute approximate surface area is 177 Å². The van der Waals surface area contributed by atoms with Crippen molar-refractivity contribution in [1.82, 2.24) is 15.3 Å². The summed E-state index contributed by atoms with van der Waals surface area (Å²) >= 11 is 1.54. The number of hydrogen-bond donors (Lipinski definition) is 1. The molecule has 1 aromatic carbocycles. The molecule has 2 heterocycles. The number of rotatable bonds is 6. The second kappa shape index (κ2) is 8.87. The highest BCUT2D eigenvalue weighted by Crippen LogP contribution is 2.27. The zero-order valence-electron chi connectivity index (χ0n) is 17.8. The molecule has 1 atom stereocenters. The maximum absolute atomic E-state index is 12.7. The monoisotopic (exact) mass is 407 g/mol. The fraction of sp³-hybridized carbons (Fsp3) is 0.375. The van der Waals surface area contributed by atoms with Crippen molar-refractivity contribution in [2.75, 3.05) is 0 Å². The first-order valence-electron chi connectivity index (χ1n) is 9.98. The highest BCUT2D eigenvalue weighted by Gasteiger charge is 2.20. The van der Waals surface area contributed by atoms with Gasteiger partial charge in [-0.15, -0.1) is 11.3 Å². The average molecular weight is 408 g/mol. The van der Waals surface area contributed by atoms with Gasteiger partial charge in [-0.25, -0.2) is 4.98 Å². The minimum Gasteiger partial charge on any atom is -0.349 e. The van der Waals surface area contributed by atoms with Crippen molar-refractivity contribution in [3.05, 3.63) is 71.0 Å². The Hall–Kier alpha value is -2.53. The summed E-state index contributed by atoms with van der Waals surface area (Å²) in [6, 6.07) is 12.4. The molecule has 1 amide bonds. The van der Waals surface area contributed by atoms with E-state index >= 15 is 0 Å². The minimum absolute atomic E-state index is 0.00775. The molecule has 152 valence electrons. The van der Waals surface area contributed by atoms with E-state index in [4.69, 9.17) is 0 Å². The van der Waals surface area contributed by atoms with Crippen LogP contribution in [0.1, 0.15) is 57.5 Å². The van der Waals surface area contributed by atoms with Crippen LogP contribution in [-0.4, -0.2) is 15.9 Å². The smallest absolute Gasteiger partial charge is 0.226 e. The van der Waals surface area contributed by atoms with E-state index in [0.717, 1.165) is 21.8 Å². The van der Waals surface area contributed by atoms with Crippen LogP contribution < -0.4 is 5.32 Å². The van der Waals surface area contributed by atoms with Crippen LogP contribution >= 0.6 is 11.3 Å². The van der Waals surface area contributed by atoms with Crippen LogP contribution in [-0.2, 0) is 16.6 Å². The van der Waals surface area contributed by atoms with Crippen molar-refractivity contribution in [3.63, 3.8) is 0 Å². The number of hydrogen-bond acceptors (Lipinski definition) is 4. The first-order valence-corrected chi connectivity index (χ1v) is 10.9. The molecule has 0 saturated carbocycles. The van der Waals surface area contributed by atoms with Gasteiger partial charge in [0.2, 0.25) is 5.91 Å². The molecule has 4 nitrogen and oxygen atoms in total.